The van der Waals surface area contributed by atoms with Crippen molar-refractivity contribution in [1.82, 2.24) is 4.98 Å². The number of carboxylic acid groups (broad SMARTS) is 1. The number of hydrogen-bond acceptors (Lipinski definition) is 1. The van der Waals surface area contributed by atoms with E-state index in [9.17, 15) is 4.79 Å². The van der Waals surface area contributed by atoms with Gasteiger partial charge in [0.15, 0.2) is 0 Å². The number of aromatic carboxylic acids is 1. The molecule has 3 heteroatoms. The number of carbonyl (C=O) groups is 1. The summed E-state index contributed by atoms with van der Waals surface area (Å²) >= 11 is 0. The molecule has 0 aliphatic carbocycles. The fourth-order valence-electron chi connectivity index (χ4n) is 1.97. The first-order valence-corrected chi connectivity index (χ1v) is 4.84. The van der Waals surface area contributed by atoms with Crippen LogP contribution in [-0.4, -0.2) is 16.1 Å². The Morgan fingerprint density at radius 2 is 1.87 bits per heavy atom. The fraction of sp³-hybridized carbons (Fsp3) is 0.250. The first kappa shape index (κ1) is 9.77. The third-order valence-corrected chi connectivity index (χ3v) is 2.96. The van der Waals surface area contributed by atoms with Gasteiger partial charge < -0.3 is 10.1 Å². The number of fused-ring (bicyclic) bond motifs is 1. The Bertz CT molecular complexity index is 552. The molecule has 0 atom stereocenters. The van der Waals surface area contributed by atoms with Crippen LogP contribution in [0.2, 0.25) is 0 Å². The lowest BCUT2D eigenvalue weighted by Gasteiger charge is -2.01. The van der Waals surface area contributed by atoms with Crippen LogP contribution in [0.3, 0.4) is 0 Å². The molecule has 15 heavy (non-hydrogen) atoms. The van der Waals surface area contributed by atoms with Crippen LogP contribution >= 0.6 is 0 Å². The second-order valence-corrected chi connectivity index (χ2v) is 3.86. The van der Waals surface area contributed by atoms with E-state index in [1.54, 1.807) is 0 Å². The lowest BCUT2D eigenvalue weighted by molar-refractivity contribution is 0.0691. The zero-order chi connectivity index (χ0) is 11.2. The molecule has 2 rings (SSSR count). The standard InChI is InChI=1S/C12H13NO2/c1-6-4-5-9-10(7(6)2)8(3)11(13-9)12(14)15/h4-5,13H,1-3H3,(H,14,15). The molecule has 2 N–H and O–H groups in total. The van der Waals surface area contributed by atoms with E-state index in [0.717, 1.165) is 22.0 Å². The summed E-state index contributed by atoms with van der Waals surface area (Å²) in [6.07, 6.45) is 0. The highest BCUT2D eigenvalue weighted by Crippen LogP contribution is 2.26. The molecule has 0 amide bonds. The van der Waals surface area contributed by atoms with Crippen LogP contribution < -0.4 is 0 Å². The van der Waals surface area contributed by atoms with E-state index in [4.69, 9.17) is 5.11 Å². The van der Waals surface area contributed by atoms with Gasteiger partial charge >= 0.3 is 5.97 Å². The highest BCUT2D eigenvalue weighted by atomic mass is 16.4. The smallest absolute Gasteiger partial charge is 0.352 e. The van der Waals surface area contributed by atoms with Crippen molar-refractivity contribution in [3.63, 3.8) is 0 Å². The summed E-state index contributed by atoms with van der Waals surface area (Å²) in [4.78, 5) is 13.9. The summed E-state index contributed by atoms with van der Waals surface area (Å²) in [7, 11) is 0. The minimum absolute atomic E-state index is 0.290. The van der Waals surface area contributed by atoms with Crippen LogP contribution in [0.15, 0.2) is 12.1 Å². The number of hydrogen-bond donors (Lipinski definition) is 2. The molecule has 0 aliphatic rings. The summed E-state index contributed by atoms with van der Waals surface area (Å²) < 4.78 is 0. The second kappa shape index (κ2) is 3.12. The van der Waals surface area contributed by atoms with Crippen molar-refractivity contribution >= 4 is 16.9 Å². The van der Waals surface area contributed by atoms with Crippen LogP contribution in [0.4, 0.5) is 0 Å². The zero-order valence-electron chi connectivity index (χ0n) is 9.01. The van der Waals surface area contributed by atoms with Crippen molar-refractivity contribution < 1.29 is 9.90 Å². The van der Waals surface area contributed by atoms with Crippen LogP contribution in [0.1, 0.15) is 27.2 Å². The van der Waals surface area contributed by atoms with Crippen LogP contribution in [0.5, 0.6) is 0 Å². The van der Waals surface area contributed by atoms with E-state index >= 15 is 0 Å². The number of rotatable bonds is 1. The largest absolute Gasteiger partial charge is 0.477 e. The summed E-state index contributed by atoms with van der Waals surface area (Å²) in [6.45, 7) is 5.89. The van der Waals surface area contributed by atoms with Crippen molar-refractivity contribution in [2.24, 2.45) is 0 Å². The molecule has 0 spiro atoms. The molecule has 0 bridgehead atoms. The van der Waals surface area contributed by atoms with E-state index in [2.05, 4.69) is 4.98 Å². The summed E-state index contributed by atoms with van der Waals surface area (Å²) in [6, 6.07) is 3.93. The van der Waals surface area contributed by atoms with Gasteiger partial charge in [-0.05, 0) is 43.5 Å². The van der Waals surface area contributed by atoms with Gasteiger partial charge in [0.25, 0.3) is 0 Å². The van der Waals surface area contributed by atoms with E-state index in [1.165, 1.54) is 5.56 Å². The Kier molecular flexibility index (Phi) is 2.03. The Balaban J connectivity index is 2.89. The maximum atomic E-state index is 11.0. The molecule has 1 aromatic heterocycles. The van der Waals surface area contributed by atoms with Crippen LogP contribution in [-0.2, 0) is 0 Å². The zero-order valence-corrected chi connectivity index (χ0v) is 9.01. The van der Waals surface area contributed by atoms with Crippen molar-refractivity contribution in [3.05, 3.63) is 34.5 Å². The van der Waals surface area contributed by atoms with Crippen molar-refractivity contribution in [1.29, 1.82) is 0 Å². The lowest BCUT2D eigenvalue weighted by atomic mass is 10.0. The third kappa shape index (κ3) is 1.31. The summed E-state index contributed by atoms with van der Waals surface area (Å²) in [5.74, 6) is -0.902. The molecular weight excluding hydrogens is 190 g/mol. The SMILES string of the molecule is Cc1ccc2[nH]c(C(=O)O)c(C)c2c1C. The van der Waals surface area contributed by atoms with Crippen molar-refractivity contribution in [2.45, 2.75) is 20.8 Å². The molecule has 0 unspecified atom stereocenters. The van der Waals surface area contributed by atoms with E-state index < -0.39 is 5.97 Å². The predicted octanol–water partition coefficient (Wildman–Crippen LogP) is 2.79. The van der Waals surface area contributed by atoms with Crippen molar-refractivity contribution in [2.75, 3.05) is 0 Å². The molecule has 0 fully saturated rings. The normalized spacial score (nSPS) is 10.9. The maximum Gasteiger partial charge on any atom is 0.352 e. The average Bonchev–Trinajstić information content (AvgIpc) is 2.50. The predicted molar refractivity (Wildman–Crippen MR) is 59.5 cm³/mol. The Morgan fingerprint density at radius 1 is 1.20 bits per heavy atom. The maximum absolute atomic E-state index is 11.0. The molecule has 0 aliphatic heterocycles. The number of benzene rings is 1. The van der Waals surface area contributed by atoms with Gasteiger partial charge in [0.2, 0.25) is 0 Å². The third-order valence-electron chi connectivity index (χ3n) is 2.96. The van der Waals surface area contributed by atoms with Gasteiger partial charge in [-0.25, -0.2) is 4.79 Å². The molecule has 2 aromatic rings. The highest BCUT2D eigenvalue weighted by molar-refractivity contribution is 5.98. The second-order valence-electron chi connectivity index (χ2n) is 3.86. The molecule has 0 radical (unpaired) electrons. The van der Waals surface area contributed by atoms with Gasteiger partial charge in [-0.2, -0.15) is 0 Å². The number of aromatic nitrogens is 1. The van der Waals surface area contributed by atoms with Gasteiger partial charge in [0, 0.05) is 10.9 Å². The minimum atomic E-state index is -0.902. The molecule has 78 valence electrons. The molecular formula is C12H13NO2. The number of aromatic amines is 1. The molecule has 0 saturated heterocycles. The van der Waals surface area contributed by atoms with E-state index in [1.807, 2.05) is 32.9 Å². The van der Waals surface area contributed by atoms with Gasteiger partial charge in [0.1, 0.15) is 5.69 Å². The number of aryl methyl sites for hydroxylation is 3. The Labute approximate surface area is 87.7 Å². The quantitative estimate of drug-likeness (QED) is 0.748. The first-order chi connectivity index (χ1) is 7.02. The van der Waals surface area contributed by atoms with E-state index in [-0.39, 0.29) is 0 Å². The van der Waals surface area contributed by atoms with Crippen molar-refractivity contribution in [3.8, 4) is 0 Å². The molecule has 1 heterocycles. The Hall–Kier alpha value is -1.77. The van der Waals surface area contributed by atoms with E-state index in [0.29, 0.717) is 5.69 Å². The summed E-state index contributed by atoms with van der Waals surface area (Å²) in [5, 5.41) is 10.0. The molecule has 1 aromatic carbocycles. The lowest BCUT2D eigenvalue weighted by Crippen LogP contribution is -1.98. The van der Waals surface area contributed by atoms with Gasteiger partial charge in [0.05, 0.1) is 0 Å². The number of H-pyrrole nitrogens is 1. The highest BCUT2D eigenvalue weighted by Gasteiger charge is 2.15. The fourth-order valence-corrected chi connectivity index (χ4v) is 1.97. The topological polar surface area (TPSA) is 53.1 Å². The van der Waals surface area contributed by atoms with Gasteiger partial charge in [-0.3, -0.25) is 0 Å². The first-order valence-electron chi connectivity index (χ1n) is 4.84. The Morgan fingerprint density at radius 3 is 2.47 bits per heavy atom. The molecule has 0 saturated carbocycles. The minimum Gasteiger partial charge on any atom is -0.477 e. The van der Waals surface area contributed by atoms with Gasteiger partial charge in [-0.1, -0.05) is 6.07 Å². The van der Waals surface area contributed by atoms with Crippen LogP contribution in [0.25, 0.3) is 10.9 Å². The van der Waals surface area contributed by atoms with Crippen LogP contribution in [0, 0.1) is 20.8 Å². The monoisotopic (exact) mass is 203 g/mol. The number of carboxylic acids is 1. The number of nitrogens with one attached hydrogen (secondary N) is 1. The van der Waals surface area contributed by atoms with Gasteiger partial charge in [-0.15, -0.1) is 0 Å². The average molecular weight is 203 g/mol. The molecule has 3 nitrogen and oxygen atoms in total. The summed E-state index contributed by atoms with van der Waals surface area (Å²) in [5.41, 5.74) is 4.33.